The molecule has 0 atom stereocenters. The van der Waals surface area contributed by atoms with Crippen molar-refractivity contribution in [3.05, 3.63) is 29.8 Å². The molecule has 3 nitrogen and oxygen atoms in total. The van der Waals surface area contributed by atoms with Crippen molar-refractivity contribution in [2.24, 2.45) is 11.8 Å². The highest BCUT2D eigenvalue weighted by Gasteiger charge is 2.40. The summed E-state index contributed by atoms with van der Waals surface area (Å²) in [5.74, 6) is 2.64. The maximum absolute atomic E-state index is 8.46. The van der Waals surface area contributed by atoms with Crippen LogP contribution in [0.25, 0.3) is 0 Å². The van der Waals surface area contributed by atoms with Gasteiger partial charge in [-0.2, -0.15) is 5.26 Å². The van der Waals surface area contributed by atoms with Crippen LogP contribution in [0.3, 0.4) is 0 Å². The van der Waals surface area contributed by atoms with Gasteiger partial charge < -0.3 is 10.1 Å². The molecule has 1 aromatic carbocycles. The second kappa shape index (κ2) is 5.63. The number of rotatable bonds is 7. The molecule has 1 N–H and O–H groups in total. The van der Waals surface area contributed by atoms with Gasteiger partial charge in [0.2, 0.25) is 0 Å². The summed E-state index contributed by atoms with van der Waals surface area (Å²) in [5.41, 5.74) is 1.29. The Morgan fingerprint density at radius 3 is 2.32 bits per heavy atom. The molecule has 2 aliphatic rings. The standard InChI is InChI=1S/C16H20N2O/c17-9-10-19-15-7-1-12(2-8-15)11-18-16(13-3-4-13)14-5-6-14/h1-2,7-8,13-14,16,18H,3-6,10-11H2. The molecule has 2 aliphatic carbocycles. The van der Waals surface area contributed by atoms with Gasteiger partial charge in [-0.25, -0.2) is 0 Å². The fourth-order valence-electron chi connectivity index (χ4n) is 2.68. The first-order valence-corrected chi connectivity index (χ1v) is 7.19. The summed E-state index contributed by atoms with van der Waals surface area (Å²) in [6.45, 7) is 1.05. The Morgan fingerprint density at radius 2 is 1.79 bits per heavy atom. The Hall–Kier alpha value is -1.53. The van der Waals surface area contributed by atoms with Crippen LogP contribution < -0.4 is 10.1 Å². The molecule has 0 radical (unpaired) electrons. The minimum Gasteiger partial charge on any atom is -0.479 e. The highest BCUT2D eigenvalue weighted by molar-refractivity contribution is 5.27. The smallest absolute Gasteiger partial charge is 0.174 e. The van der Waals surface area contributed by atoms with Crippen molar-refractivity contribution >= 4 is 0 Å². The number of nitriles is 1. The van der Waals surface area contributed by atoms with E-state index in [0.717, 1.165) is 30.2 Å². The van der Waals surface area contributed by atoms with Gasteiger partial charge in [0.05, 0.1) is 0 Å². The van der Waals surface area contributed by atoms with Crippen LogP contribution in [-0.4, -0.2) is 12.6 Å². The Balaban J connectivity index is 1.50. The van der Waals surface area contributed by atoms with Crippen molar-refractivity contribution in [2.45, 2.75) is 38.3 Å². The van der Waals surface area contributed by atoms with Crippen molar-refractivity contribution in [3.63, 3.8) is 0 Å². The van der Waals surface area contributed by atoms with Gasteiger partial charge in [-0.15, -0.1) is 0 Å². The molecule has 0 aliphatic heterocycles. The molecular formula is C16H20N2O. The van der Waals surface area contributed by atoms with E-state index in [1.165, 1.54) is 31.2 Å². The Labute approximate surface area is 114 Å². The van der Waals surface area contributed by atoms with E-state index in [1.807, 2.05) is 18.2 Å². The van der Waals surface area contributed by atoms with E-state index in [-0.39, 0.29) is 6.61 Å². The van der Waals surface area contributed by atoms with Crippen LogP contribution in [0.4, 0.5) is 0 Å². The molecule has 0 heterocycles. The third-order valence-corrected chi connectivity index (χ3v) is 4.03. The van der Waals surface area contributed by atoms with Crippen LogP contribution in [0.2, 0.25) is 0 Å². The Kier molecular flexibility index (Phi) is 3.70. The van der Waals surface area contributed by atoms with Gasteiger partial charge in [0, 0.05) is 12.6 Å². The number of nitrogens with zero attached hydrogens (tertiary/aromatic N) is 1. The van der Waals surface area contributed by atoms with E-state index < -0.39 is 0 Å². The van der Waals surface area contributed by atoms with Gasteiger partial charge in [0.25, 0.3) is 0 Å². The van der Waals surface area contributed by atoms with Gasteiger partial charge in [0.15, 0.2) is 6.61 Å². The number of hydrogen-bond acceptors (Lipinski definition) is 3. The lowest BCUT2D eigenvalue weighted by molar-refractivity contribution is 0.368. The fourth-order valence-corrected chi connectivity index (χ4v) is 2.68. The fraction of sp³-hybridized carbons (Fsp3) is 0.562. The quantitative estimate of drug-likeness (QED) is 0.816. The van der Waals surface area contributed by atoms with E-state index in [0.29, 0.717) is 0 Å². The molecule has 3 rings (SSSR count). The minimum atomic E-state index is 0.114. The van der Waals surface area contributed by atoms with Crippen molar-refractivity contribution in [1.82, 2.24) is 5.32 Å². The van der Waals surface area contributed by atoms with Crippen molar-refractivity contribution in [3.8, 4) is 11.8 Å². The molecule has 0 amide bonds. The number of nitrogens with one attached hydrogen (secondary N) is 1. The predicted molar refractivity (Wildman–Crippen MR) is 73.6 cm³/mol. The van der Waals surface area contributed by atoms with Crippen molar-refractivity contribution in [1.29, 1.82) is 5.26 Å². The van der Waals surface area contributed by atoms with Gasteiger partial charge >= 0.3 is 0 Å². The van der Waals surface area contributed by atoms with Crippen LogP contribution >= 0.6 is 0 Å². The first-order valence-electron chi connectivity index (χ1n) is 7.19. The number of ether oxygens (including phenoxy) is 1. The average Bonchev–Trinajstić information content (AvgIpc) is 3.30. The highest BCUT2D eigenvalue weighted by atomic mass is 16.5. The average molecular weight is 256 g/mol. The molecule has 0 spiro atoms. The normalized spacial score (nSPS) is 18.3. The van der Waals surface area contributed by atoms with Gasteiger partial charge in [-0.05, 0) is 55.2 Å². The second-order valence-corrected chi connectivity index (χ2v) is 5.67. The van der Waals surface area contributed by atoms with E-state index in [2.05, 4.69) is 17.4 Å². The zero-order valence-electron chi connectivity index (χ0n) is 11.1. The molecule has 19 heavy (non-hydrogen) atoms. The van der Waals surface area contributed by atoms with Crippen LogP contribution in [0.1, 0.15) is 31.2 Å². The summed E-state index contributed by atoms with van der Waals surface area (Å²) in [6, 6.07) is 10.8. The summed E-state index contributed by atoms with van der Waals surface area (Å²) < 4.78 is 5.25. The third-order valence-electron chi connectivity index (χ3n) is 4.03. The first-order chi connectivity index (χ1) is 9.36. The molecule has 0 aromatic heterocycles. The van der Waals surface area contributed by atoms with Gasteiger partial charge in [-0.3, -0.25) is 0 Å². The second-order valence-electron chi connectivity index (χ2n) is 5.67. The molecule has 100 valence electrons. The lowest BCUT2D eigenvalue weighted by atomic mass is 10.1. The zero-order chi connectivity index (χ0) is 13.1. The van der Waals surface area contributed by atoms with Gasteiger partial charge in [-0.1, -0.05) is 12.1 Å². The zero-order valence-corrected chi connectivity index (χ0v) is 11.1. The topological polar surface area (TPSA) is 45.0 Å². The lowest BCUT2D eigenvalue weighted by Gasteiger charge is -2.17. The predicted octanol–water partition coefficient (Wildman–Crippen LogP) is 2.87. The van der Waals surface area contributed by atoms with Gasteiger partial charge in [0.1, 0.15) is 11.8 Å². The van der Waals surface area contributed by atoms with E-state index in [1.54, 1.807) is 0 Å². The molecule has 0 saturated heterocycles. The van der Waals surface area contributed by atoms with Crippen LogP contribution in [-0.2, 0) is 6.54 Å². The van der Waals surface area contributed by atoms with E-state index >= 15 is 0 Å². The van der Waals surface area contributed by atoms with Crippen molar-refractivity contribution in [2.75, 3.05) is 6.61 Å². The summed E-state index contributed by atoms with van der Waals surface area (Å²) in [5, 5.41) is 12.2. The largest absolute Gasteiger partial charge is 0.479 e. The van der Waals surface area contributed by atoms with E-state index in [4.69, 9.17) is 10.00 Å². The SMILES string of the molecule is N#CCOc1ccc(CNC(C2CC2)C2CC2)cc1. The van der Waals surface area contributed by atoms with Crippen LogP contribution in [0.5, 0.6) is 5.75 Å². The Morgan fingerprint density at radius 1 is 1.16 bits per heavy atom. The maximum atomic E-state index is 8.46. The molecular weight excluding hydrogens is 236 g/mol. The number of hydrogen-bond donors (Lipinski definition) is 1. The Bertz CT molecular complexity index is 443. The van der Waals surface area contributed by atoms with Crippen molar-refractivity contribution < 1.29 is 4.74 Å². The van der Waals surface area contributed by atoms with Crippen LogP contribution in [0, 0.1) is 23.2 Å². The maximum Gasteiger partial charge on any atom is 0.174 e. The van der Waals surface area contributed by atoms with Crippen LogP contribution in [0.15, 0.2) is 24.3 Å². The summed E-state index contributed by atoms with van der Waals surface area (Å²) >= 11 is 0. The summed E-state index contributed by atoms with van der Waals surface area (Å²) in [7, 11) is 0. The molecule has 0 bridgehead atoms. The third kappa shape index (κ3) is 3.48. The first kappa shape index (κ1) is 12.5. The summed E-state index contributed by atoms with van der Waals surface area (Å²) in [6.07, 6.45) is 5.65. The molecule has 0 unspecified atom stereocenters. The molecule has 1 aromatic rings. The number of benzene rings is 1. The lowest BCUT2D eigenvalue weighted by Crippen LogP contribution is -2.32. The summed E-state index contributed by atoms with van der Waals surface area (Å²) in [4.78, 5) is 0. The minimum absolute atomic E-state index is 0.114. The molecule has 2 saturated carbocycles. The monoisotopic (exact) mass is 256 g/mol. The van der Waals surface area contributed by atoms with E-state index in [9.17, 15) is 0 Å². The highest BCUT2D eigenvalue weighted by Crippen LogP contribution is 2.44. The molecule has 3 heteroatoms. The molecule has 2 fully saturated rings.